The lowest BCUT2D eigenvalue weighted by Crippen LogP contribution is -2.55. The van der Waals surface area contributed by atoms with Crippen LogP contribution in [0.1, 0.15) is 45.4 Å². The van der Waals surface area contributed by atoms with Crippen molar-refractivity contribution in [2.45, 2.75) is 65.8 Å². The largest absolute Gasteiger partial charge is 0.391 e. The van der Waals surface area contributed by atoms with Gasteiger partial charge >= 0.3 is 0 Å². The topological polar surface area (TPSA) is 124 Å². The van der Waals surface area contributed by atoms with Crippen LogP contribution in [-0.2, 0) is 20.9 Å². The monoisotopic (exact) mass is 501 g/mol. The molecule has 4 N–H and O–H groups in total. The van der Waals surface area contributed by atoms with E-state index in [4.69, 9.17) is 0 Å². The number of hydrogen-bond donors (Lipinski definition) is 4. The minimum absolute atomic E-state index is 0.116. The van der Waals surface area contributed by atoms with E-state index >= 15 is 0 Å². The molecule has 1 fully saturated rings. The number of amides is 3. The van der Waals surface area contributed by atoms with Gasteiger partial charge in [-0.1, -0.05) is 32.9 Å². The van der Waals surface area contributed by atoms with Crippen LogP contribution in [0.5, 0.6) is 0 Å². The summed E-state index contributed by atoms with van der Waals surface area (Å²) in [6.45, 7) is 9.51. The molecule has 0 saturated carbocycles. The molecule has 3 rings (SSSR count). The number of thiazole rings is 1. The molecule has 35 heavy (non-hydrogen) atoms. The Morgan fingerprint density at radius 2 is 2.00 bits per heavy atom. The number of anilines is 1. The Hall–Kier alpha value is -2.82. The van der Waals surface area contributed by atoms with Gasteiger partial charge < -0.3 is 26.0 Å². The third-order valence-electron chi connectivity index (χ3n) is 6.15. The summed E-state index contributed by atoms with van der Waals surface area (Å²) >= 11 is 1.52. The van der Waals surface area contributed by atoms with Gasteiger partial charge in [0.2, 0.25) is 17.7 Å². The Bertz CT molecular complexity index is 1090. The summed E-state index contributed by atoms with van der Waals surface area (Å²) in [5.74, 6) is -0.763. The molecule has 1 saturated heterocycles. The highest BCUT2D eigenvalue weighted by atomic mass is 32.1. The summed E-state index contributed by atoms with van der Waals surface area (Å²) < 4.78 is 0. The van der Waals surface area contributed by atoms with Crippen molar-refractivity contribution in [1.82, 2.24) is 20.5 Å². The highest BCUT2D eigenvalue weighted by Crippen LogP contribution is 2.31. The maximum absolute atomic E-state index is 13.2. The van der Waals surface area contributed by atoms with Gasteiger partial charge in [0.15, 0.2) is 0 Å². The zero-order chi connectivity index (χ0) is 25.9. The number of aliphatic hydroxyl groups excluding tert-OH is 1. The number of aryl methyl sites for hydroxylation is 1. The van der Waals surface area contributed by atoms with Gasteiger partial charge in [-0.15, -0.1) is 11.3 Å². The van der Waals surface area contributed by atoms with Crippen molar-refractivity contribution < 1.29 is 19.5 Å². The smallest absolute Gasteiger partial charge is 0.243 e. The van der Waals surface area contributed by atoms with Gasteiger partial charge in [-0.2, -0.15) is 0 Å². The van der Waals surface area contributed by atoms with Gasteiger partial charge in [0.1, 0.15) is 6.04 Å². The van der Waals surface area contributed by atoms with E-state index in [1.54, 1.807) is 12.6 Å². The quantitative estimate of drug-likeness (QED) is 0.462. The summed E-state index contributed by atoms with van der Waals surface area (Å²) in [6.07, 6.45) is -0.579. The Labute approximate surface area is 210 Å². The van der Waals surface area contributed by atoms with Crippen LogP contribution < -0.4 is 16.0 Å². The first kappa shape index (κ1) is 26.8. The molecule has 0 spiro atoms. The maximum Gasteiger partial charge on any atom is 0.243 e. The number of carbonyl (C=O) groups is 3. The Kier molecular flexibility index (Phi) is 8.30. The van der Waals surface area contributed by atoms with Crippen molar-refractivity contribution in [3.63, 3.8) is 0 Å². The molecule has 2 heterocycles. The number of benzene rings is 1. The van der Waals surface area contributed by atoms with E-state index in [0.29, 0.717) is 5.69 Å². The molecular weight excluding hydrogens is 466 g/mol. The highest BCUT2D eigenvalue weighted by Gasteiger charge is 2.43. The third kappa shape index (κ3) is 6.25. The van der Waals surface area contributed by atoms with Crippen molar-refractivity contribution in [2.75, 3.05) is 18.9 Å². The van der Waals surface area contributed by atoms with E-state index in [9.17, 15) is 19.5 Å². The molecule has 3 atom stereocenters. The number of hydrogen-bond acceptors (Lipinski definition) is 7. The van der Waals surface area contributed by atoms with Crippen LogP contribution in [0, 0.1) is 12.3 Å². The van der Waals surface area contributed by atoms with Gasteiger partial charge in [-0.05, 0) is 36.6 Å². The summed E-state index contributed by atoms with van der Waals surface area (Å²) in [4.78, 5) is 45.0. The van der Waals surface area contributed by atoms with Crippen LogP contribution in [0.25, 0.3) is 10.4 Å². The third-order valence-corrected chi connectivity index (χ3v) is 7.13. The zero-order valence-corrected chi connectivity index (χ0v) is 22.0. The van der Waals surface area contributed by atoms with Gasteiger partial charge in [-0.25, -0.2) is 4.98 Å². The first-order chi connectivity index (χ1) is 16.4. The SMILES string of the molecule is CNC(C(=O)N1CC(O)CC1C(=O)NCc1ccc(-c2scnc2C)cc1NC(C)=O)C(C)(C)C. The summed E-state index contributed by atoms with van der Waals surface area (Å²) in [5.41, 5.74) is 4.60. The number of nitrogens with zero attached hydrogens (tertiary/aromatic N) is 2. The molecule has 2 aromatic rings. The first-order valence-electron chi connectivity index (χ1n) is 11.7. The van der Waals surface area contributed by atoms with E-state index in [-0.39, 0.29) is 42.6 Å². The molecular formula is C25H35N5O4S. The molecule has 1 aliphatic heterocycles. The maximum atomic E-state index is 13.2. The van der Waals surface area contributed by atoms with Crippen molar-refractivity contribution in [2.24, 2.45) is 5.41 Å². The number of rotatable bonds is 7. The van der Waals surface area contributed by atoms with E-state index in [1.165, 1.54) is 23.2 Å². The number of β-amino-alcohol motifs (C(OH)–C–C–N with tert-alkyl or cyclic N) is 1. The fourth-order valence-electron chi connectivity index (χ4n) is 4.46. The average Bonchev–Trinajstić information content (AvgIpc) is 3.37. The van der Waals surface area contributed by atoms with Crippen molar-refractivity contribution >= 4 is 34.7 Å². The van der Waals surface area contributed by atoms with Gasteiger partial charge in [0.25, 0.3) is 0 Å². The molecule has 0 aliphatic carbocycles. The van der Waals surface area contributed by atoms with Crippen molar-refractivity contribution in [1.29, 1.82) is 0 Å². The zero-order valence-electron chi connectivity index (χ0n) is 21.1. The van der Waals surface area contributed by atoms with Crippen molar-refractivity contribution in [3.8, 4) is 10.4 Å². The van der Waals surface area contributed by atoms with E-state index < -0.39 is 18.2 Å². The Balaban J connectivity index is 1.78. The average molecular weight is 502 g/mol. The summed E-state index contributed by atoms with van der Waals surface area (Å²) in [7, 11) is 1.72. The van der Waals surface area contributed by atoms with Crippen molar-refractivity contribution in [3.05, 3.63) is 35.0 Å². The fourth-order valence-corrected chi connectivity index (χ4v) is 5.26. The number of likely N-dealkylation sites (N-methyl/N-ethyl adjacent to an activating group) is 1. The van der Waals surface area contributed by atoms with E-state index in [1.807, 2.05) is 45.9 Å². The van der Waals surface area contributed by atoms with Gasteiger partial charge in [0, 0.05) is 32.1 Å². The van der Waals surface area contributed by atoms with E-state index in [2.05, 4.69) is 20.9 Å². The standard InChI is InChI=1S/C25H35N5O4S/c1-14-21(35-13-28-14)16-7-8-17(19(9-16)29-15(2)31)11-27-23(33)20-10-18(32)12-30(20)24(34)22(26-6)25(3,4)5/h7-9,13,18,20,22,26,32H,10-12H2,1-6H3,(H,27,33)(H,29,31). The minimum Gasteiger partial charge on any atom is -0.391 e. The van der Waals surface area contributed by atoms with Gasteiger partial charge in [-0.3, -0.25) is 14.4 Å². The van der Waals surface area contributed by atoms with E-state index in [0.717, 1.165) is 21.7 Å². The first-order valence-corrected chi connectivity index (χ1v) is 12.5. The second-order valence-corrected chi connectivity index (χ2v) is 10.9. The molecule has 0 bridgehead atoms. The molecule has 0 radical (unpaired) electrons. The number of carbonyl (C=O) groups excluding carboxylic acids is 3. The van der Waals surface area contributed by atoms with Crippen LogP contribution in [0.4, 0.5) is 5.69 Å². The van der Waals surface area contributed by atoms with Crippen LogP contribution >= 0.6 is 11.3 Å². The van der Waals surface area contributed by atoms with Crippen LogP contribution in [0.2, 0.25) is 0 Å². The molecule has 1 aromatic heterocycles. The van der Waals surface area contributed by atoms with Crippen LogP contribution in [0.3, 0.4) is 0 Å². The minimum atomic E-state index is -0.765. The number of aliphatic hydroxyl groups is 1. The van der Waals surface area contributed by atoms with Crippen LogP contribution in [-0.4, -0.2) is 64.5 Å². The molecule has 1 aliphatic rings. The fraction of sp³-hybridized carbons (Fsp3) is 0.520. The molecule has 3 amide bonds. The molecule has 9 nitrogen and oxygen atoms in total. The Morgan fingerprint density at radius 1 is 1.29 bits per heavy atom. The lowest BCUT2D eigenvalue weighted by atomic mass is 9.86. The summed E-state index contributed by atoms with van der Waals surface area (Å²) in [6, 6.07) is 4.42. The number of nitrogens with one attached hydrogen (secondary N) is 3. The molecule has 1 aromatic carbocycles. The predicted molar refractivity (Wildman–Crippen MR) is 137 cm³/mol. The predicted octanol–water partition coefficient (Wildman–Crippen LogP) is 2.29. The second-order valence-electron chi connectivity index (χ2n) is 10.0. The van der Waals surface area contributed by atoms with Gasteiger partial charge in [0.05, 0.1) is 28.2 Å². The highest BCUT2D eigenvalue weighted by molar-refractivity contribution is 7.13. The lowest BCUT2D eigenvalue weighted by Gasteiger charge is -2.34. The summed E-state index contributed by atoms with van der Waals surface area (Å²) in [5, 5.41) is 19.0. The van der Waals surface area contributed by atoms with Crippen LogP contribution in [0.15, 0.2) is 23.7 Å². The normalized spacial score (nSPS) is 18.9. The number of likely N-dealkylation sites (tertiary alicyclic amines) is 1. The second kappa shape index (κ2) is 10.8. The molecule has 190 valence electrons. The lowest BCUT2D eigenvalue weighted by molar-refractivity contribution is -0.142. The molecule has 10 heteroatoms. The molecule has 3 unspecified atom stereocenters. The number of aromatic nitrogens is 1. The Morgan fingerprint density at radius 3 is 2.57 bits per heavy atom.